The molecule has 0 aromatic carbocycles. The number of hydrogen-bond donors (Lipinski definition) is 1. The Morgan fingerprint density at radius 1 is 0.556 bits per heavy atom. The molecule has 0 spiro atoms. The molecular formula is C17H37N. The highest BCUT2D eigenvalue weighted by atomic mass is 14.6. The van der Waals surface area contributed by atoms with E-state index in [2.05, 4.69) is 13.8 Å². The second-order valence-corrected chi connectivity index (χ2v) is 5.87. The second-order valence-electron chi connectivity index (χ2n) is 5.87. The lowest BCUT2D eigenvalue weighted by atomic mass is 10.0. The summed E-state index contributed by atoms with van der Waals surface area (Å²) < 4.78 is 0. The Bertz CT molecular complexity index is 145. The zero-order chi connectivity index (χ0) is 13.5. The fourth-order valence-corrected chi connectivity index (χ4v) is 2.59. The van der Waals surface area contributed by atoms with Crippen LogP contribution in [0.2, 0.25) is 0 Å². The Morgan fingerprint density at radius 3 is 1.44 bits per heavy atom. The third-order valence-electron chi connectivity index (χ3n) is 3.84. The summed E-state index contributed by atoms with van der Waals surface area (Å²) in [6, 6.07) is 0.466. The van der Waals surface area contributed by atoms with Gasteiger partial charge in [-0.05, 0) is 12.8 Å². The van der Waals surface area contributed by atoms with Gasteiger partial charge >= 0.3 is 0 Å². The fourth-order valence-electron chi connectivity index (χ4n) is 2.59. The van der Waals surface area contributed by atoms with Gasteiger partial charge in [-0.2, -0.15) is 0 Å². The van der Waals surface area contributed by atoms with Crippen molar-refractivity contribution in [3.05, 3.63) is 0 Å². The van der Waals surface area contributed by atoms with Crippen LogP contribution in [0.1, 0.15) is 104 Å². The minimum Gasteiger partial charge on any atom is -0.328 e. The first-order valence-corrected chi connectivity index (χ1v) is 8.56. The molecule has 0 aromatic heterocycles. The van der Waals surface area contributed by atoms with E-state index in [1.807, 2.05) is 0 Å². The highest BCUT2D eigenvalue weighted by molar-refractivity contribution is 4.60. The molecule has 1 atom stereocenters. The number of nitrogens with two attached hydrogens (primary N) is 1. The van der Waals surface area contributed by atoms with Gasteiger partial charge in [0.1, 0.15) is 0 Å². The molecule has 0 rings (SSSR count). The summed E-state index contributed by atoms with van der Waals surface area (Å²) in [7, 11) is 0. The van der Waals surface area contributed by atoms with Gasteiger partial charge in [0.15, 0.2) is 0 Å². The van der Waals surface area contributed by atoms with E-state index in [0.717, 1.165) is 0 Å². The summed E-state index contributed by atoms with van der Waals surface area (Å²) in [5, 5.41) is 0. The molecule has 1 heteroatoms. The normalized spacial score (nSPS) is 12.8. The largest absolute Gasteiger partial charge is 0.328 e. The van der Waals surface area contributed by atoms with Gasteiger partial charge in [-0.3, -0.25) is 0 Å². The van der Waals surface area contributed by atoms with Crippen LogP contribution in [0.4, 0.5) is 0 Å². The molecule has 0 bridgehead atoms. The maximum Gasteiger partial charge on any atom is 0.00387 e. The van der Waals surface area contributed by atoms with Gasteiger partial charge in [-0.1, -0.05) is 90.9 Å². The standard InChI is InChI=1S/C17H37N/c1-3-5-6-7-8-9-10-11-12-13-14-16-17(18)15-4-2/h17H,3-16,18H2,1-2H3. The first-order valence-electron chi connectivity index (χ1n) is 8.56. The number of hydrogen-bond acceptors (Lipinski definition) is 1. The SMILES string of the molecule is CCCCCCCCCCCCCC(N)CCC. The first kappa shape index (κ1) is 18.0. The van der Waals surface area contributed by atoms with Crippen LogP contribution in [0, 0.1) is 0 Å². The molecule has 0 aliphatic rings. The lowest BCUT2D eigenvalue weighted by molar-refractivity contribution is 0.501. The van der Waals surface area contributed by atoms with E-state index in [-0.39, 0.29) is 0 Å². The smallest absolute Gasteiger partial charge is 0.00387 e. The van der Waals surface area contributed by atoms with Gasteiger partial charge in [-0.15, -0.1) is 0 Å². The van der Waals surface area contributed by atoms with E-state index in [1.165, 1.54) is 89.9 Å². The maximum absolute atomic E-state index is 6.00. The molecule has 0 aliphatic carbocycles. The maximum atomic E-state index is 6.00. The zero-order valence-corrected chi connectivity index (χ0v) is 13.1. The lowest BCUT2D eigenvalue weighted by Gasteiger charge is -2.09. The Labute approximate surface area is 116 Å². The van der Waals surface area contributed by atoms with Gasteiger partial charge in [0, 0.05) is 6.04 Å². The molecule has 1 nitrogen and oxygen atoms in total. The first-order chi connectivity index (χ1) is 8.81. The number of unbranched alkanes of at least 4 members (excludes halogenated alkanes) is 10. The van der Waals surface area contributed by atoms with E-state index in [0.29, 0.717) is 6.04 Å². The average Bonchev–Trinajstić information content (AvgIpc) is 2.36. The van der Waals surface area contributed by atoms with Crippen molar-refractivity contribution in [2.45, 2.75) is 110 Å². The minimum absolute atomic E-state index is 0.466. The molecular weight excluding hydrogens is 218 g/mol. The summed E-state index contributed by atoms with van der Waals surface area (Å²) in [4.78, 5) is 0. The Morgan fingerprint density at radius 2 is 1.00 bits per heavy atom. The Hall–Kier alpha value is -0.0400. The van der Waals surface area contributed by atoms with Crippen molar-refractivity contribution < 1.29 is 0 Å². The van der Waals surface area contributed by atoms with Crippen molar-refractivity contribution in [2.75, 3.05) is 0 Å². The molecule has 0 fully saturated rings. The fraction of sp³-hybridized carbons (Fsp3) is 1.00. The van der Waals surface area contributed by atoms with Gasteiger partial charge in [0.25, 0.3) is 0 Å². The van der Waals surface area contributed by atoms with E-state index < -0.39 is 0 Å². The highest BCUT2D eigenvalue weighted by Crippen LogP contribution is 2.12. The monoisotopic (exact) mass is 255 g/mol. The Kier molecular flexibility index (Phi) is 15.0. The van der Waals surface area contributed by atoms with E-state index in [9.17, 15) is 0 Å². The predicted octanol–water partition coefficient (Wildman–Crippen LogP) is 5.81. The molecule has 0 radical (unpaired) electrons. The summed E-state index contributed by atoms with van der Waals surface area (Å²) in [6.07, 6.45) is 19.4. The molecule has 0 amide bonds. The summed E-state index contributed by atoms with van der Waals surface area (Å²) >= 11 is 0. The van der Waals surface area contributed by atoms with Gasteiger partial charge in [0.2, 0.25) is 0 Å². The van der Waals surface area contributed by atoms with Crippen molar-refractivity contribution in [3.8, 4) is 0 Å². The summed E-state index contributed by atoms with van der Waals surface area (Å²) in [5.74, 6) is 0. The molecule has 0 aromatic rings. The second kappa shape index (κ2) is 15.0. The molecule has 1 unspecified atom stereocenters. The van der Waals surface area contributed by atoms with E-state index in [4.69, 9.17) is 5.73 Å². The van der Waals surface area contributed by atoms with Crippen LogP contribution in [-0.2, 0) is 0 Å². The van der Waals surface area contributed by atoms with Gasteiger partial charge < -0.3 is 5.73 Å². The van der Waals surface area contributed by atoms with Crippen LogP contribution in [0.15, 0.2) is 0 Å². The zero-order valence-electron chi connectivity index (χ0n) is 13.1. The quantitative estimate of drug-likeness (QED) is 0.389. The van der Waals surface area contributed by atoms with Crippen molar-refractivity contribution in [1.29, 1.82) is 0 Å². The molecule has 2 N–H and O–H groups in total. The highest BCUT2D eigenvalue weighted by Gasteiger charge is 2.00. The molecule has 0 heterocycles. The van der Waals surface area contributed by atoms with Crippen molar-refractivity contribution in [3.63, 3.8) is 0 Å². The van der Waals surface area contributed by atoms with Gasteiger partial charge in [-0.25, -0.2) is 0 Å². The van der Waals surface area contributed by atoms with E-state index in [1.54, 1.807) is 0 Å². The molecule has 0 saturated carbocycles. The van der Waals surface area contributed by atoms with Crippen molar-refractivity contribution in [1.82, 2.24) is 0 Å². The molecule has 110 valence electrons. The third kappa shape index (κ3) is 14.0. The van der Waals surface area contributed by atoms with Crippen LogP contribution >= 0.6 is 0 Å². The Balaban J connectivity index is 2.98. The molecule has 0 aliphatic heterocycles. The van der Waals surface area contributed by atoms with Crippen LogP contribution in [0.5, 0.6) is 0 Å². The third-order valence-corrected chi connectivity index (χ3v) is 3.84. The van der Waals surface area contributed by atoms with Crippen molar-refractivity contribution in [2.24, 2.45) is 5.73 Å². The summed E-state index contributed by atoms with van der Waals surface area (Å²) in [5.41, 5.74) is 6.00. The number of rotatable bonds is 14. The average molecular weight is 255 g/mol. The molecule has 0 saturated heterocycles. The van der Waals surface area contributed by atoms with Crippen LogP contribution < -0.4 is 5.73 Å². The van der Waals surface area contributed by atoms with Gasteiger partial charge in [0.05, 0.1) is 0 Å². The minimum atomic E-state index is 0.466. The van der Waals surface area contributed by atoms with Crippen LogP contribution in [0.3, 0.4) is 0 Å². The molecule has 18 heavy (non-hydrogen) atoms. The van der Waals surface area contributed by atoms with Crippen LogP contribution in [0.25, 0.3) is 0 Å². The summed E-state index contributed by atoms with van der Waals surface area (Å²) in [6.45, 7) is 4.51. The van der Waals surface area contributed by atoms with Crippen LogP contribution in [-0.4, -0.2) is 6.04 Å². The predicted molar refractivity (Wildman–Crippen MR) is 84.0 cm³/mol. The van der Waals surface area contributed by atoms with Crippen molar-refractivity contribution >= 4 is 0 Å². The topological polar surface area (TPSA) is 26.0 Å². The van der Waals surface area contributed by atoms with E-state index >= 15 is 0 Å². The lowest BCUT2D eigenvalue weighted by Crippen LogP contribution is -2.18.